The zero-order valence-electron chi connectivity index (χ0n) is 8.03. The van der Waals surface area contributed by atoms with Crippen LogP contribution in [0.3, 0.4) is 0 Å². The average molecular weight is 241 g/mol. The molecule has 2 N–H and O–H groups in total. The molecule has 1 heterocycles. The fraction of sp³-hybridized carbons (Fsp3) is 0.100. The van der Waals surface area contributed by atoms with Crippen molar-refractivity contribution in [2.75, 3.05) is 5.73 Å². The third-order valence-corrected chi connectivity index (χ3v) is 2.94. The highest BCUT2D eigenvalue weighted by atomic mass is 35.5. The number of hydrogen-bond acceptors (Lipinski definition) is 4. The molecule has 0 spiro atoms. The van der Waals surface area contributed by atoms with Gasteiger partial charge < -0.3 is 10.2 Å². The number of rotatable bonds is 2. The van der Waals surface area contributed by atoms with Gasteiger partial charge in [-0.05, 0) is 36.9 Å². The number of aryl methyl sites for hydroxylation is 1. The molecule has 0 bridgehead atoms. The maximum Gasteiger partial charge on any atom is 0.260 e. The number of benzene rings is 1. The van der Waals surface area contributed by atoms with Crippen molar-refractivity contribution in [2.24, 2.45) is 0 Å². The van der Waals surface area contributed by atoms with E-state index in [4.69, 9.17) is 21.8 Å². The van der Waals surface area contributed by atoms with Gasteiger partial charge >= 0.3 is 0 Å². The number of anilines is 1. The van der Waals surface area contributed by atoms with E-state index in [1.807, 2.05) is 6.92 Å². The SMILES string of the molecule is Cc1coc(Sc2cc(Cl)ccc2N)n1. The predicted molar refractivity (Wildman–Crippen MR) is 61.2 cm³/mol. The quantitative estimate of drug-likeness (QED) is 0.818. The van der Waals surface area contributed by atoms with Gasteiger partial charge in [0.2, 0.25) is 0 Å². The Balaban J connectivity index is 2.27. The van der Waals surface area contributed by atoms with Gasteiger partial charge in [-0.1, -0.05) is 11.6 Å². The number of nitrogens with two attached hydrogens (primary N) is 1. The molecule has 0 saturated carbocycles. The van der Waals surface area contributed by atoms with Gasteiger partial charge in [0.25, 0.3) is 5.22 Å². The van der Waals surface area contributed by atoms with Gasteiger partial charge in [0.15, 0.2) is 0 Å². The summed E-state index contributed by atoms with van der Waals surface area (Å²) in [5.74, 6) is 0. The molecule has 0 radical (unpaired) electrons. The van der Waals surface area contributed by atoms with Crippen LogP contribution >= 0.6 is 23.4 Å². The summed E-state index contributed by atoms with van der Waals surface area (Å²) in [5.41, 5.74) is 7.31. The molecule has 1 aromatic heterocycles. The fourth-order valence-corrected chi connectivity index (χ4v) is 2.15. The molecule has 0 aliphatic heterocycles. The Morgan fingerprint density at radius 2 is 2.27 bits per heavy atom. The Morgan fingerprint density at radius 3 is 2.93 bits per heavy atom. The molecular formula is C10H9ClN2OS. The van der Waals surface area contributed by atoms with Crippen molar-refractivity contribution in [2.45, 2.75) is 17.0 Å². The molecular weight excluding hydrogens is 232 g/mol. The van der Waals surface area contributed by atoms with Crippen molar-refractivity contribution in [3.8, 4) is 0 Å². The summed E-state index contributed by atoms with van der Waals surface area (Å²) in [7, 11) is 0. The van der Waals surface area contributed by atoms with Gasteiger partial charge in [-0.15, -0.1) is 0 Å². The van der Waals surface area contributed by atoms with Crippen molar-refractivity contribution >= 4 is 29.1 Å². The second-order valence-electron chi connectivity index (χ2n) is 3.04. The molecule has 15 heavy (non-hydrogen) atoms. The number of halogens is 1. The largest absolute Gasteiger partial charge is 0.439 e. The topological polar surface area (TPSA) is 52.0 Å². The standard InChI is InChI=1S/C10H9ClN2OS/c1-6-5-14-10(13-6)15-9-4-7(11)2-3-8(9)12/h2-5H,12H2,1H3. The Bertz CT molecular complexity index is 484. The molecule has 0 unspecified atom stereocenters. The number of nitrogens with zero attached hydrogens (tertiary/aromatic N) is 1. The minimum Gasteiger partial charge on any atom is -0.439 e. The van der Waals surface area contributed by atoms with E-state index >= 15 is 0 Å². The van der Waals surface area contributed by atoms with Crippen LogP contribution in [0, 0.1) is 6.92 Å². The summed E-state index contributed by atoms with van der Waals surface area (Å²) in [5, 5.41) is 1.22. The van der Waals surface area contributed by atoms with E-state index in [1.165, 1.54) is 11.8 Å². The van der Waals surface area contributed by atoms with Crippen LogP contribution < -0.4 is 5.73 Å². The predicted octanol–water partition coefficient (Wildman–Crippen LogP) is 3.37. The molecule has 1 aromatic carbocycles. The summed E-state index contributed by atoms with van der Waals surface area (Å²) in [6.45, 7) is 1.87. The lowest BCUT2D eigenvalue weighted by molar-refractivity contribution is 0.454. The van der Waals surface area contributed by atoms with Gasteiger partial charge in [-0.2, -0.15) is 0 Å². The van der Waals surface area contributed by atoms with Crippen molar-refractivity contribution in [3.05, 3.63) is 35.2 Å². The molecule has 0 fully saturated rings. The van der Waals surface area contributed by atoms with E-state index in [2.05, 4.69) is 4.98 Å². The van der Waals surface area contributed by atoms with Crippen LogP contribution in [0.5, 0.6) is 0 Å². The third-order valence-electron chi connectivity index (χ3n) is 1.77. The van der Waals surface area contributed by atoms with Gasteiger partial charge in [0.05, 0.1) is 5.69 Å². The summed E-state index contributed by atoms with van der Waals surface area (Å²) in [6.07, 6.45) is 1.60. The van der Waals surface area contributed by atoms with E-state index in [-0.39, 0.29) is 0 Å². The fourth-order valence-electron chi connectivity index (χ4n) is 1.07. The first-order valence-corrected chi connectivity index (χ1v) is 5.49. The average Bonchev–Trinajstić information content (AvgIpc) is 2.58. The Kier molecular flexibility index (Phi) is 2.88. The van der Waals surface area contributed by atoms with Crippen LogP contribution in [-0.4, -0.2) is 4.98 Å². The molecule has 3 nitrogen and oxygen atoms in total. The van der Waals surface area contributed by atoms with Crippen LogP contribution in [0.4, 0.5) is 5.69 Å². The lowest BCUT2D eigenvalue weighted by Gasteiger charge is -2.02. The van der Waals surface area contributed by atoms with Crippen LogP contribution in [-0.2, 0) is 0 Å². The van der Waals surface area contributed by atoms with Crippen LogP contribution in [0.15, 0.2) is 39.0 Å². The molecule has 0 aliphatic rings. The van der Waals surface area contributed by atoms with E-state index in [0.29, 0.717) is 15.9 Å². The first kappa shape index (κ1) is 10.4. The first-order valence-electron chi connectivity index (χ1n) is 4.30. The van der Waals surface area contributed by atoms with Gasteiger partial charge in [0.1, 0.15) is 6.26 Å². The molecule has 78 valence electrons. The van der Waals surface area contributed by atoms with Gasteiger partial charge in [-0.3, -0.25) is 0 Å². The maximum atomic E-state index is 5.87. The maximum absolute atomic E-state index is 5.87. The smallest absolute Gasteiger partial charge is 0.260 e. The van der Waals surface area contributed by atoms with E-state index < -0.39 is 0 Å². The molecule has 2 rings (SSSR count). The molecule has 0 saturated heterocycles. The first-order chi connectivity index (χ1) is 7.15. The molecule has 0 atom stereocenters. The number of nitrogen functional groups attached to an aromatic ring is 1. The number of aromatic nitrogens is 1. The summed E-state index contributed by atoms with van der Waals surface area (Å²) < 4.78 is 5.22. The van der Waals surface area contributed by atoms with Crippen molar-refractivity contribution < 1.29 is 4.42 Å². The Hall–Kier alpha value is -1.13. The summed E-state index contributed by atoms with van der Waals surface area (Å²) in [6, 6.07) is 5.31. The van der Waals surface area contributed by atoms with Crippen molar-refractivity contribution in [1.29, 1.82) is 0 Å². The Morgan fingerprint density at radius 1 is 1.47 bits per heavy atom. The zero-order chi connectivity index (χ0) is 10.8. The highest BCUT2D eigenvalue weighted by Gasteiger charge is 2.07. The lowest BCUT2D eigenvalue weighted by atomic mass is 10.3. The molecule has 2 aromatic rings. The zero-order valence-corrected chi connectivity index (χ0v) is 9.60. The van der Waals surface area contributed by atoms with Gasteiger partial charge in [-0.25, -0.2) is 4.98 Å². The van der Waals surface area contributed by atoms with E-state index in [9.17, 15) is 0 Å². The van der Waals surface area contributed by atoms with Crippen LogP contribution in [0.1, 0.15) is 5.69 Å². The summed E-state index contributed by atoms with van der Waals surface area (Å²) >= 11 is 7.23. The van der Waals surface area contributed by atoms with Crippen molar-refractivity contribution in [3.63, 3.8) is 0 Å². The number of oxazole rings is 1. The van der Waals surface area contributed by atoms with E-state index in [1.54, 1.807) is 24.5 Å². The normalized spacial score (nSPS) is 10.5. The monoisotopic (exact) mass is 240 g/mol. The van der Waals surface area contributed by atoms with E-state index in [0.717, 1.165) is 10.6 Å². The highest BCUT2D eigenvalue weighted by Crippen LogP contribution is 2.33. The van der Waals surface area contributed by atoms with Crippen molar-refractivity contribution in [1.82, 2.24) is 4.98 Å². The van der Waals surface area contributed by atoms with Crippen LogP contribution in [0.2, 0.25) is 5.02 Å². The van der Waals surface area contributed by atoms with Crippen LogP contribution in [0.25, 0.3) is 0 Å². The summed E-state index contributed by atoms with van der Waals surface area (Å²) in [4.78, 5) is 5.03. The minimum absolute atomic E-state index is 0.571. The third kappa shape index (κ3) is 2.46. The number of hydrogen-bond donors (Lipinski definition) is 1. The van der Waals surface area contributed by atoms with Gasteiger partial charge in [0, 0.05) is 15.6 Å². The lowest BCUT2D eigenvalue weighted by Crippen LogP contribution is -1.87. The molecule has 5 heteroatoms. The highest BCUT2D eigenvalue weighted by molar-refractivity contribution is 7.99. The Labute approximate surface area is 96.6 Å². The molecule has 0 aliphatic carbocycles. The second-order valence-corrected chi connectivity index (χ2v) is 4.47. The molecule has 0 amide bonds. The second kappa shape index (κ2) is 4.16. The minimum atomic E-state index is 0.571.